The highest BCUT2D eigenvalue weighted by Crippen LogP contribution is 2.23. The Morgan fingerprint density at radius 3 is 2.27 bits per heavy atom. The van der Waals surface area contributed by atoms with Gasteiger partial charge in [0.15, 0.2) is 6.61 Å². The predicted molar refractivity (Wildman–Crippen MR) is 103 cm³/mol. The van der Waals surface area contributed by atoms with Gasteiger partial charge in [-0.25, -0.2) is 0 Å². The number of hydrogen-bond acceptors (Lipinski definition) is 3. The lowest BCUT2D eigenvalue weighted by atomic mass is 9.99. The number of benzene rings is 2. The predicted octanol–water partition coefficient (Wildman–Crippen LogP) is 3.82. The molecule has 138 valence electrons. The lowest BCUT2D eigenvalue weighted by Gasteiger charge is -2.16. The Bertz CT molecular complexity index is 788. The standard InChI is InChI=1S/C20H23ClN2O3/c1-12(2)14-4-6-15(7-5-14)13(3)23-19(24)11-26-18-9-8-16(21)10-17(18)20(22)25/h4-10,12-13H,11H2,1-3H3,(H2,22,25)(H,23,24)/t13-/m1/s1. The van der Waals surface area contributed by atoms with Gasteiger partial charge < -0.3 is 15.8 Å². The van der Waals surface area contributed by atoms with Gasteiger partial charge in [0.1, 0.15) is 5.75 Å². The van der Waals surface area contributed by atoms with Crippen molar-refractivity contribution >= 4 is 23.4 Å². The van der Waals surface area contributed by atoms with Crippen molar-refractivity contribution < 1.29 is 14.3 Å². The van der Waals surface area contributed by atoms with Crippen LogP contribution in [-0.4, -0.2) is 18.4 Å². The fourth-order valence-electron chi connectivity index (χ4n) is 2.50. The number of nitrogens with two attached hydrogens (primary N) is 1. The van der Waals surface area contributed by atoms with Crippen LogP contribution in [0.3, 0.4) is 0 Å². The molecule has 2 aromatic carbocycles. The first-order chi connectivity index (χ1) is 12.3. The number of carbonyl (C=O) groups excluding carboxylic acids is 2. The van der Waals surface area contributed by atoms with E-state index in [-0.39, 0.29) is 29.9 Å². The van der Waals surface area contributed by atoms with E-state index in [1.165, 1.54) is 17.7 Å². The van der Waals surface area contributed by atoms with Crippen LogP contribution >= 0.6 is 11.6 Å². The van der Waals surface area contributed by atoms with Crippen LogP contribution in [0.5, 0.6) is 5.75 Å². The first-order valence-corrected chi connectivity index (χ1v) is 8.77. The van der Waals surface area contributed by atoms with Crippen molar-refractivity contribution in [2.45, 2.75) is 32.7 Å². The molecule has 0 aromatic heterocycles. The lowest BCUT2D eigenvalue weighted by molar-refractivity contribution is -0.123. The SMILES string of the molecule is CC(C)c1ccc([C@@H](C)NC(=O)COc2ccc(Cl)cc2C(N)=O)cc1. The highest BCUT2D eigenvalue weighted by atomic mass is 35.5. The minimum Gasteiger partial charge on any atom is -0.483 e. The van der Waals surface area contributed by atoms with Gasteiger partial charge in [-0.3, -0.25) is 9.59 Å². The number of amides is 2. The summed E-state index contributed by atoms with van der Waals surface area (Å²) in [6, 6.07) is 12.5. The Morgan fingerprint density at radius 1 is 1.08 bits per heavy atom. The Labute approximate surface area is 158 Å². The summed E-state index contributed by atoms with van der Waals surface area (Å²) in [6.45, 7) is 5.94. The number of ether oxygens (including phenoxy) is 1. The second-order valence-corrected chi connectivity index (χ2v) is 6.84. The van der Waals surface area contributed by atoms with E-state index in [1.54, 1.807) is 6.07 Å². The maximum Gasteiger partial charge on any atom is 0.258 e. The second-order valence-electron chi connectivity index (χ2n) is 6.40. The van der Waals surface area contributed by atoms with Crippen LogP contribution in [0.2, 0.25) is 5.02 Å². The molecule has 0 unspecified atom stereocenters. The van der Waals surface area contributed by atoms with Crippen molar-refractivity contribution in [1.82, 2.24) is 5.32 Å². The molecule has 3 N–H and O–H groups in total. The van der Waals surface area contributed by atoms with Crippen LogP contribution in [0.4, 0.5) is 0 Å². The van der Waals surface area contributed by atoms with Gasteiger partial charge in [0.05, 0.1) is 11.6 Å². The minimum atomic E-state index is -0.665. The van der Waals surface area contributed by atoms with E-state index in [2.05, 4.69) is 31.3 Å². The Balaban J connectivity index is 1.95. The molecule has 0 radical (unpaired) electrons. The van der Waals surface area contributed by atoms with E-state index in [4.69, 9.17) is 22.1 Å². The van der Waals surface area contributed by atoms with Gasteiger partial charge in [0.2, 0.25) is 0 Å². The van der Waals surface area contributed by atoms with Gasteiger partial charge in [-0.05, 0) is 42.2 Å². The Morgan fingerprint density at radius 2 is 1.69 bits per heavy atom. The molecular weight excluding hydrogens is 352 g/mol. The monoisotopic (exact) mass is 374 g/mol. The number of rotatable bonds is 7. The van der Waals surface area contributed by atoms with Gasteiger partial charge >= 0.3 is 0 Å². The summed E-state index contributed by atoms with van der Waals surface area (Å²) in [7, 11) is 0. The van der Waals surface area contributed by atoms with Crippen molar-refractivity contribution in [2.24, 2.45) is 5.73 Å². The molecule has 2 aromatic rings. The molecule has 26 heavy (non-hydrogen) atoms. The largest absolute Gasteiger partial charge is 0.483 e. The quantitative estimate of drug-likeness (QED) is 0.772. The molecule has 0 aliphatic heterocycles. The maximum atomic E-state index is 12.1. The Hall–Kier alpha value is -2.53. The van der Waals surface area contributed by atoms with Gasteiger partial charge in [-0.15, -0.1) is 0 Å². The van der Waals surface area contributed by atoms with Crippen LogP contribution in [-0.2, 0) is 4.79 Å². The van der Waals surface area contributed by atoms with Crippen LogP contribution in [0.1, 0.15) is 54.2 Å². The van der Waals surface area contributed by atoms with E-state index < -0.39 is 5.91 Å². The molecule has 6 heteroatoms. The molecule has 0 saturated carbocycles. The molecule has 0 aliphatic rings. The van der Waals surface area contributed by atoms with E-state index in [0.717, 1.165) is 5.56 Å². The number of hydrogen-bond donors (Lipinski definition) is 2. The molecule has 0 heterocycles. The third-order valence-electron chi connectivity index (χ3n) is 4.05. The maximum absolute atomic E-state index is 12.1. The zero-order valence-electron chi connectivity index (χ0n) is 15.1. The van der Waals surface area contributed by atoms with Crippen LogP contribution in [0.25, 0.3) is 0 Å². The summed E-state index contributed by atoms with van der Waals surface area (Å²) in [5.41, 5.74) is 7.70. The molecule has 0 bridgehead atoms. The molecule has 0 saturated heterocycles. The van der Waals surface area contributed by atoms with E-state index in [9.17, 15) is 9.59 Å². The molecule has 5 nitrogen and oxygen atoms in total. The minimum absolute atomic E-state index is 0.141. The average molecular weight is 375 g/mol. The highest BCUT2D eigenvalue weighted by molar-refractivity contribution is 6.31. The summed E-state index contributed by atoms with van der Waals surface area (Å²) in [4.78, 5) is 23.6. The molecule has 1 atom stereocenters. The summed E-state index contributed by atoms with van der Waals surface area (Å²) in [5, 5.41) is 3.24. The molecular formula is C20H23ClN2O3. The second kappa shape index (κ2) is 8.72. The molecule has 0 spiro atoms. The van der Waals surface area contributed by atoms with Crippen LogP contribution in [0, 0.1) is 0 Å². The Kier molecular flexibility index (Phi) is 6.64. The number of primary amides is 1. The van der Waals surface area contributed by atoms with E-state index in [1.807, 2.05) is 19.1 Å². The van der Waals surface area contributed by atoms with Crippen molar-refractivity contribution in [1.29, 1.82) is 0 Å². The molecule has 2 amide bonds. The van der Waals surface area contributed by atoms with E-state index in [0.29, 0.717) is 10.9 Å². The molecule has 0 fully saturated rings. The number of halogens is 1. The third-order valence-corrected chi connectivity index (χ3v) is 4.28. The lowest BCUT2D eigenvalue weighted by Crippen LogP contribution is -2.31. The zero-order chi connectivity index (χ0) is 19.3. The normalized spacial score (nSPS) is 11.9. The summed E-state index contributed by atoms with van der Waals surface area (Å²) >= 11 is 5.85. The van der Waals surface area contributed by atoms with Gasteiger partial charge in [-0.2, -0.15) is 0 Å². The topological polar surface area (TPSA) is 81.4 Å². The zero-order valence-corrected chi connectivity index (χ0v) is 15.8. The summed E-state index contributed by atoms with van der Waals surface area (Å²) in [6.07, 6.45) is 0. The fourth-order valence-corrected chi connectivity index (χ4v) is 2.67. The van der Waals surface area contributed by atoms with E-state index >= 15 is 0 Å². The van der Waals surface area contributed by atoms with Gasteiger partial charge in [0.25, 0.3) is 11.8 Å². The van der Waals surface area contributed by atoms with Crippen LogP contribution < -0.4 is 15.8 Å². The highest BCUT2D eigenvalue weighted by Gasteiger charge is 2.14. The fraction of sp³-hybridized carbons (Fsp3) is 0.300. The van der Waals surface area contributed by atoms with Crippen molar-refractivity contribution in [2.75, 3.05) is 6.61 Å². The first kappa shape index (κ1) is 19.8. The first-order valence-electron chi connectivity index (χ1n) is 8.39. The smallest absolute Gasteiger partial charge is 0.258 e. The number of carbonyl (C=O) groups is 2. The van der Waals surface area contributed by atoms with Crippen molar-refractivity contribution in [3.05, 3.63) is 64.2 Å². The average Bonchev–Trinajstić information content (AvgIpc) is 2.60. The van der Waals surface area contributed by atoms with Crippen LogP contribution in [0.15, 0.2) is 42.5 Å². The van der Waals surface area contributed by atoms with Crippen molar-refractivity contribution in [3.8, 4) is 5.75 Å². The summed E-state index contributed by atoms with van der Waals surface area (Å²) < 4.78 is 5.43. The van der Waals surface area contributed by atoms with Crippen molar-refractivity contribution in [3.63, 3.8) is 0 Å². The van der Waals surface area contributed by atoms with Gasteiger partial charge in [-0.1, -0.05) is 49.7 Å². The third kappa shape index (κ3) is 5.23. The number of nitrogens with one attached hydrogen (secondary N) is 1. The summed E-state index contributed by atoms with van der Waals surface area (Å²) in [5.74, 6) is -0.274. The molecule has 0 aliphatic carbocycles. The molecule has 2 rings (SSSR count). The van der Waals surface area contributed by atoms with Gasteiger partial charge in [0, 0.05) is 5.02 Å².